The van der Waals surface area contributed by atoms with Crippen LogP contribution >= 0.6 is 0 Å². The van der Waals surface area contributed by atoms with E-state index < -0.39 is 42.1 Å². The zero-order valence-electron chi connectivity index (χ0n) is 17.8. The molecule has 0 aliphatic heterocycles. The third-order valence-electron chi connectivity index (χ3n) is 4.32. The van der Waals surface area contributed by atoms with E-state index in [4.69, 9.17) is 19.9 Å². The number of carbonyl (C=O) groups is 4. The Morgan fingerprint density at radius 2 is 1.61 bits per heavy atom. The van der Waals surface area contributed by atoms with E-state index in [1.165, 1.54) is 18.2 Å². The highest BCUT2D eigenvalue weighted by molar-refractivity contribution is 5.75. The van der Waals surface area contributed by atoms with E-state index >= 15 is 0 Å². The van der Waals surface area contributed by atoms with Gasteiger partial charge in [-0.15, -0.1) is 0 Å². The van der Waals surface area contributed by atoms with Crippen LogP contribution < -0.4 is 15.2 Å². The minimum Gasteiger partial charge on any atom is -0.480 e. The summed E-state index contributed by atoms with van der Waals surface area (Å²) < 4.78 is 24.0. The predicted octanol–water partition coefficient (Wildman–Crippen LogP) is 2.45. The molecule has 31 heavy (non-hydrogen) atoms. The van der Waals surface area contributed by atoms with Crippen LogP contribution in [0.4, 0.5) is 9.59 Å². The van der Waals surface area contributed by atoms with Gasteiger partial charge in [-0.1, -0.05) is 19.9 Å². The van der Waals surface area contributed by atoms with Gasteiger partial charge >= 0.3 is 24.2 Å². The highest BCUT2D eigenvalue weighted by Gasteiger charge is 2.32. The molecule has 0 radical (unpaired) electrons. The van der Waals surface area contributed by atoms with Crippen LogP contribution in [0.2, 0.25) is 0 Å². The topological polar surface area (TPSA) is 161 Å². The van der Waals surface area contributed by atoms with Gasteiger partial charge in [0.1, 0.15) is 6.04 Å². The summed E-state index contributed by atoms with van der Waals surface area (Å²) in [6, 6.07) is 2.69. The Bertz CT molecular complexity index is 794. The van der Waals surface area contributed by atoms with Gasteiger partial charge in [0.2, 0.25) is 0 Å². The smallest absolute Gasteiger partial charge is 0.480 e. The van der Waals surface area contributed by atoms with Crippen molar-refractivity contribution in [3.63, 3.8) is 0 Å². The van der Waals surface area contributed by atoms with Crippen molar-refractivity contribution in [3.8, 4) is 11.5 Å². The van der Waals surface area contributed by atoms with Crippen LogP contribution in [0.1, 0.15) is 38.2 Å². The molecule has 3 atom stereocenters. The summed E-state index contributed by atoms with van der Waals surface area (Å²) in [5.41, 5.74) is 6.25. The summed E-state index contributed by atoms with van der Waals surface area (Å²) in [4.78, 5) is 46.3. The predicted molar refractivity (Wildman–Crippen MR) is 106 cm³/mol. The van der Waals surface area contributed by atoms with Crippen LogP contribution in [0, 0.1) is 5.92 Å². The summed E-state index contributed by atoms with van der Waals surface area (Å²) in [7, 11) is 2.18. The summed E-state index contributed by atoms with van der Waals surface area (Å²) in [5.74, 6) is -3.40. The van der Waals surface area contributed by atoms with Gasteiger partial charge in [0.15, 0.2) is 11.5 Å². The average Bonchev–Trinajstić information content (AvgIpc) is 2.73. The largest absolute Gasteiger partial charge is 0.513 e. The molecule has 0 fully saturated rings. The number of rotatable bonds is 10. The maximum atomic E-state index is 11.7. The zero-order valence-corrected chi connectivity index (χ0v) is 17.8. The van der Waals surface area contributed by atoms with Crippen LogP contribution in [-0.4, -0.2) is 56.2 Å². The Balaban J connectivity index is 3.30. The molecule has 1 rings (SSSR count). The van der Waals surface area contributed by atoms with Crippen LogP contribution in [0.25, 0.3) is 0 Å². The summed E-state index contributed by atoms with van der Waals surface area (Å²) in [6.45, 7) is 3.43. The van der Waals surface area contributed by atoms with E-state index in [9.17, 15) is 24.3 Å². The minimum atomic E-state index is -1.36. The van der Waals surface area contributed by atoms with Crippen molar-refractivity contribution in [2.24, 2.45) is 11.7 Å². The molecular weight excluding hydrogens is 414 g/mol. The molecule has 11 heteroatoms. The highest BCUT2D eigenvalue weighted by atomic mass is 16.7. The Kier molecular flexibility index (Phi) is 10.3. The number of carboxylic acids is 1. The second kappa shape index (κ2) is 12.4. The van der Waals surface area contributed by atoms with Gasteiger partial charge in [0, 0.05) is 12.3 Å². The first-order valence-corrected chi connectivity index (χ1v) is 9.44. The van der Waals surface area contributed by atoms with Crippen LogP contribution in [0.15, 0.2) is 18.2 Å². The number of hydrogen-bond donors (Lipinski definition) is 2. The molecule has 11 nitrogen and oxygen atoms in total. The number of carboxylic acid groups (broad SMARTS) is 1. The molecule has 0 bridgehead atoms. The number of esters is 1. The van der Waals surface area contributed by atoms with E-state index in [1.54, 1.807) is 6.92 Å². The molecule has 0 aromatic heterocycles. The maximum Gasteiger partial charge on any atom is 0.513 e. The number of aliphatic carboxylic acids is 1. The maximum absolute atomic E-state index is 11.7. The van der Waals surface area contributed by atoms with Crippen LogP contribution in [0.3, 0.4) is 0 Å². The highest BCUT2D eigenvalue weighted by Crippen LogP contribution is 2.36. The van der Waals surface area contributed by atoms with Crippen molar-refractivity contribution in [2.75, 3.05) is 20.8 Å². The van der Waals surface area contributed by atoms with Crippen LogP contribution in [-0.2, 0) is 23.8 Å². The first-order valence-electron chi connectivity index (χ1n) is 9.44. The SMILES string of the molecule is CCCC(=O)OCC(C)C(c1ccc(OC(=O)OC)c(OC(=O)OC)c1)[C@H](N)C(=O)O. The fourth-order valence-electron chi connectivity index (χ4n) is 2.81. The third kappa shape index (κ3) is 7.78. The van der Waals surface area contributed by atoms with Gasteiger partial charge in [0.25, 0.3) is 0 Å². The molecule has 2 unspecified atom stereocenters. The van der Waals surface area contributed by atoms with E-state index in [2.05, 4.69) is 9.47 Å². The standard InChI is InChI=1S/C20H27NO10/c1-5-6-15(22)29-10-11(2)16(17(21)18(23)24)12-7-8-13(30-19(25)27-3)14(9-12)31-20(26)28-4/h7-9,11,16-17H,5-6,10,21H2,1-4H3,(H,23,24)/t11?,16?,17-/m0/s1. The van der Waals surface area contributed by atoms with Gasteiger partial charge in [-0.3, -0.25) is 9.59 Å². The van der Waals surface area contributed by atoms with Crippen molar-refractivity contribution in [2.45, 2.75) is 38.6 Å². The molecule has 3 N–H and O–H groups in total. The average molecular weight is 441 g/mol. The first-order chi connectivity index (χ1) is 14.6. The first kappa shape index (κ1) is 25.7. The molecule has 1 aromatic carbocycles. The van der Waals surface area contributed by atoms with Gasteiger partial charge in [-0.05, 0) is 30.0 Å². The Hall–Kier alpha value is -3.34. The Morgan fingerprint density at radius 3 is 2.13 bits per heavy atom. The molecule has 0 saturated carbocycles. The van der Waals surface area contributed by atoms with E-state index in [0.717, 1.165) is 14.2 Å². The van der Waals surface area contributed by atoms with Gasteiger partial charge in [-0.25, -0.2) is 9.59 Å². The van der Waals surface area contributed by atoms with Crippen molar-refractivity contribution >= 4 is 24.2 Å². The second-order valence-corrected chi connectivity index (χ2v) is 6.62. The van der Waals surface area contributed by atoms with Crippen molar-refractivity contribution in [1.29, 1.82) is 0 Å². The molecule has 0 spiro atoms. The number of methoxy groups -OCH3 is 2. The fourth-order valence-corrected chi connectivity index (χ4v) is 2.81. The van der Waals surface area contributed by atoms with E-state index in [1.807, 2.05) is 6.92 Å². The molecular formula is C20H27NO10. The lowest BCUT2D eigenvalue weighted by Gasteiger charge is -2.28. The number of ether oxygens (including phenoxy) is 5. The van der Waals surface area contributed by atoms with Gasteiger partial charge < -0.3 is 34.5 Å². The number of carbonyl (C=O) groups excluding carboxylic acids is 3. The summed E-state index contributed by atoms with van der Waals surface area (Å²) >= 11 is 0. The lowest BCUT2D eigenvalue weighted by molar-refractivity contribution is -0.145. The monoisotopic (exact) mass is 441 g/mol. The van der Waals surface area contributed by atoms with Crippen LogP contribution in [0.5, 0.6) is 11.5 Å². The molecule has 0 saturated heterocycles. The quantitative estimate of drug-likeness (QED) is 0.312. The molecule has 0 heterocycles. The minimum absolute atomic E-state index is 0.0713. The lowest BCUT2D eigenvalue weighted by Crippen LogP contribution is -2.40. The number of benzene rings is 1. The van der Waals surface area contributed by atoms with E-state index in [0.29, 0.717) is 12.0 Å². The summed E-state index contributed by atoms with van der Waals surface area (Å²) in [5, 5.41) is 9.46. The number of nitrogens with two attached hydrogens (primary N) is 1. The van der Waals surface area contributed by atoms with Gasteiger partial charge in [0.05, 0.1) is 20.8 Å². The molecule has 172 valence electrons. The van der Waals surface area contributed by atoms with Crippen molar-refractivity contribution in [1.82, 2.24) is 0 Å². The Morgan fingerprint density at radius 1 is 1.03 bits per heavy atom. The zero-order chi connectivity index (χ0) is 23.6. The Labute approximate surface area is 179 Å². The third-order valence-corrected chi connectivity index (χ3v) is 4.32. The van der Waals surface area contributed by atoms with Gasteiger partial charge in [-0.2, -0.15) is 0 Å². The lowest BCUT2D eigenvalue weighted by atomic mass is 9.82. The normalized spacial score (nSPS) is 13.3. The molecule has 0 aliphatic carbocycles. The van der Waals surface area contributed by atoms with E-state index in [-0.39, 0.29) is 24.5 Å². The van der Waals surface area contributed by atoms with Crippen molar-refractivity contribution in [3.05, 3.63) is 23.8 Å². The molecule has 0 amide bonds. The number of hydrogen-bond acceptors (Lipinski definition) is 10. The fraction of sp³-hybridized carbons (Fsp3) is 0.500. The summed E-state index contributed by atoms with van der Waals surface area (Å²) in [6.07, 6.45) is -1.30. The molecule has 0 aliphatic rings. The molecule has 1 aromatic rings. The van der Waals surface area contributed by atoms with Crippen molar-refractivity contribution < 1.29 is 48.0 Å². The second-order valence-electron chi connectivity index (χ2n) is 6.62.